The Hall–Kier alpha value is -0.710. The number of hydrogen-bond acceptors (Lipinski definition) is 2. The molecule has 0 atom stereocenters. The van der Waals surface area contributed by atoms with Crippen LogP contribution in [0, 0.1) is 0 Å². The van der Waals surface area contributed by atoms with Crippen molar-refractivity contribution in [2.45, 2.75) is 4.90 Å². The van der Waals surface area contributed by atoms with E-state index in [0.29, 0.717) is 21.7 Å². The zero-order valence-electron chi connectivity index (χ0n) is 11.3. The second-order valence-corrected chi connectivity index (χ2v) is 8.34. The molecule has 0 unspecified atom stereocenters. The predicted octanol–water partition coefficient (Wildman–Crippen LogP) is 5.59. The van der Waals surface area contributed by atoms with Crippen LogP contribution in [-0.4, -0.2) is 14.7 Å². The average Bonchev–Trinajstić information content (AvgIpc) is 2.41. The van der Waals surface area contributed by atoms with E-state index in [1.807, 2.05) is 0 Å². The first-order valence-corrected chi connectivity index (χ1v) is 9.41. The van der Waals surface area contributed by atoms with E-state index >= 15 is 0 Å². The summed E-state index contributed by atoms with van der Waals surface area (Å²) < 4.78 is 23.6. The largest absolute Gasteiger partial charge is 0.224 e. The van der Waals surface area contributed by atoms with Crippen LogP contribution in [0.5, 0.6) is 0 Å². The van der Waals surface area contributed by atoms with Crippen molar-refractivity contribution in [3.8, 4) is 0 Å². The van der Waals surface area contributed by atoms with Crippen LogP contribution in [0.2, 0.25) is 10.0 Å². The zero-order valence-corrected chi connectivity index (χ0v) is 15.1. The molecule has 22 heavy (non-hydrogen) atoms. The van der Waals surface area contributed by atoms with Gasteiger partial charge in [-0.15, -0.1) is 0 Å². The Kier molecular flexibility index (Phi) is 5.46. The average molecular weight is 398 g/mol. The van der Waals surface area contributed by atoms with Gasteiger partial charge in [-0.25, -0.2) is 8.42 Å². The quantitative estimate of drug-likeness (QED) is 0.676. The first-order valence-electron chi connectivity index (χ1n) is 6.01. The van der Waals surface area contributed by atoms with E-state index in [0.717, 1.165) is 6.26 Å². The molecule has 0 heterocycles. The van der Waals surface area contributed by atoms with E-state index in [9.17, 15) is 8.42 Å². The van der Waals surface area contributed by atoms with Gasteiger partial charge in [0.1, 0.15) is 4.49 Å². The molecular weight excluding hydrogens is 388 g/mol. The highest BCUT2D eigenvalue weighted by atomic mass is 35.5. The smallest absolute Gasteiger partial charge is 0.177 e. The van der Waals surface area contributed by atoms with Gasteiger partial charge >= 0.3 is 0 Å². The molecule has 2 aromatic rings. The lowest BCUT2D eigenvalue weighted by Gasteiger charge is -2.11. The monoisotopic (exact) mass is 396 g/mol. The van der Waals surface area contributed by atoms with Crippen molar-refractivity contribution in [2.75, 3.05) is 6.26 Å². The maximum absolute atomic E-state index is 11.8. The van der Waals surface area contributed by atoms with Gasteiger partial charge in [-0.1, -0.05) is 64.6 Å². The van der Waals surface area contributed by atoms with Crippen molar-refractivity contribution < 1.29 is 8.42 Å². The minimum Gasteiger partial charge on any atom is -0.224 e. The number of halogens is 4. The minimum atomic E-state index is -3.47. The van der Waals surface area contributed by atoms with Gasteiger partial charge < -0.3 is 0 Å². The lowest BCUT2D eigenvalue weighted by atomic mass is 10.00. The lowest BCUT2D eigenvalue weighted by Crippen LogP contribution is -2.00. The molecule has 2 aromatic carbocycles. The van der Waals surface area contributed by atoms with Crippen LogP contribution in [0.15, 0.2) is 51.9 Å². The predicted molar refractivity (Wildman–Crippen MR) is 93.7 cm³/mol. The Morgan fingerprint density at radius 2 is 1.45 bits per heavy atom. The molecule has 2 nitrogen and oxygen atoms in total. The summed E-state index contributed by atoms with van der Waals surface area (Å²) in [5.41, 5.74) is 1.76. The fourth-order valence-corrected chi connectivity index (χ4v) is 3.81. The molecule has 0 aliphatic heterocycles. The van der Waals surface area contributed by atoms with Gasteiger partial charge in [0.15, 0.2) is 9.84 Å². The lowest BCUT2D eigenvalue weighted by molar-refractivity contribution is 0.602. The Balaban J connectivity index is 2.66. The summed E-state index contributed by atoms with van der Waals surface area (Å²) in [7, 11) is -3.47. The van der Waals surface area contributed by atoms with Gasteiger partial charge in [-0.05, 0) is 35.4 Å². The van der Waals surface area contributed by atoms with Gasteiger partial charge in [-0.3, -0.25) is 0 Å². The van der Waals surface area contributed by atoms with Crippen molar-refractivity contribution in [1.29, 1.82) is 0 Å². The summed E-state index contributed by atoms with van der Waals surface area (Å²) in [6.45, 7) is 0. The summed E-state index contributed by atoms with van der Waals surface area (Å²) in [6, 6.07) is 11.5. The Bertz CT molecular complexity index is 836. The molecule has 116 valence electrons. The number of benzene rings is 2. The molecule has 7 heteroatoms. The molecule has 0 aliphatic carbocycles. The number of hydrogen-bond donors (Lipinski definition) is 0. The van der Waals surface area contributed by atoms with Crippen molar-refractivity contribution in [2.24, 2.45) is 0 Å². The van der Waals surface area contributed by atoms with Gasteiger partial charge in [0, 0.05) is 16.9 Å². The summed E-state index contributed by atoms with van der Waals surface area (Å²) in [5, 5.41) is 0.717. The minimum absolute atomic E-state index is 0.0177. The topological polar surface area (TPSA) is 34.1 Å². The molecule has 0 saturated heterocycles. The number of rotatable bonds is 3. The van der Waals surface area contributed by atoms with Crippen molar-refractivity contribution in [1.82, 2.24) is 0 Å². The summed E-state index contributed by atoms with van der Waals surface area (Å²) in [4.78, 5) is 0.0210. The van der Waals surface area contributed by atoms with Crippen LogP contribution in [0.3, 0.4) is 0 Å². The third-order valence-corrected chi connectivity index (χ3v) is 5.15. The van der Waals surface area contributed by atoms with Gasteiger partial charge in [0.2, 0.25) is 0 Å². The van der Waals surface area contributed by atoms with Crippen LogP contribution in [-0.2, 0) is 9.84 Å². The van der Waals surface area contributed by atoms with Gasteiger partial charge in [0.25, 0.3) is 0 Å². The molecule has 0 amide bonds. The SMILES string of the molecule is [14CH3]S(=O)(=O)c1cc(C(=C(Cl)Cl)c2ccc(Cl)cc2)ccc1Cl. The highest BCUT2D eigenvalue weighted by Crippen LogP contribution is 2.34. The molecule has 0 saturated carbocycles. The standard InChI is InChI=1S/C15H10Cl4O2S/c1-22(20,21)13-8-10(4-7-12(13)17)14(15(18)19)9-2-5-11(16)6-3-9/h2-8H,1H3/i1+2. The maximum atomic E-state index is 11.8. The maximum Gasteiger partial charge on any atom is 0.177 e. The molecule has 0 fully saturated rings. The molecule has 0 spiro atoms. The van der Waals surface area contributed by atoms with Gasteiger partial charge in [-0.2, -0.15) is 0 Å². The summed E-state index contributed by atoms with van der Waals surface area (Å²) in [5.74, 6) is 0. The van der Waals surface area contributed by atoms with E-state index in [2.05, 4.69) is 0 Å². The summed E-state index contributed by atoms with van der Waals surface area (Å²) in [6.07, 6.45) is 1.09. The molecule has 0 radical (unpaired) electrons. The second-order valence-electron chi connectivity index (χ2n) is 4.56. The second kappa shape index (κ2) is 6.81. The third kappa shape index (κ3) is 3.98. The summed E-state index contributed by atoms with van der Waals surface area (Å²) >= 11 is 23.8. The van der Waals surface area contributed by atoms with Crippen LogP contribution in [0.4, 0.5) is 0 Å². The molecular formula is C15H10Cl4O2S. The van der Waals surface area contributed by atoms with E-state index in [1.54, 1.807) is 30.3 Å². The molecule has 2 rings (SSSR count). The van der Waals surface area contributed by atoms with Crippen molar-refractivity contribution in [3.63, 3.8) is 0 Å². The first kappa shape index (κ1) is 17.6. The molecule has 0 aromatic heterocycles. The van der Waals surface area contributed by atoms with Crippen molar-refractivity contribution >= 4 is 61.8 Å². The van der Waals surface area contributed by atoms with Crippen LogP contribution in [0.1, 0.15) is 11.1 Å². The Morgan fingerprint density at radius 3 is 1.95 bits per heavy atom. The zero-order chi connectivity index (χ0) is 16.5. The number of sulfone groups is 1. The fraction of sp³-hybridized carbons (Fsp3) is 0.0667. The third-order valence-electron chi connectivity index (χ3n) is 2.94. The normalized spacial score (nSPS) is 11.3. The highest BCUT2D eigenvalue weighted by Gasteiger charge is 2.16. The Labute approximate surface area is 149 Å². The van der Waals surface area contributed by atoms with Gasteiger partial charge in [0.05, 0.1) is 9.92 Å². The van der Waals surface area contributed by atoms with E-state index in [4.69, 9.17) is 46.4 Å². The van der Waals surface area contributed by atoms with Crippen molar-refractivity contribution in [3.05, 3.63) is 68.1 Å². The molecule has 0 bridgehead atoms. The molecule has 0 N–H and O–H groups in total. The van der Waals surface area contributed by atoms with E-state index in [-0.39, 0.29) is 14.4 Å². The van der Waals surface area contributed by atoms with Crippen LogP contribution in [0.25, 0.3) is 5.57 Å². The van der Waals surface area contributed by atoms with E-state index < -0.39 is 9.84 Å². The Morgan fingerprint density at radius 1 is 0.909 bits per heavy atom. The first-order chi connectivity index (χ1) is 10.2. The highest BCUT2D eigenvalue weighted by molar-refractivity contribution is 7.90. The van der Waals surface area contributed by atoms with Crippen LogP contribution < -0.4 is 0 Å². The van der Waals surface area contributed by atoms with Crippen LogP contribution >= 0.6 is 46.4 Å². The molecule has 0 aliphatic rings. The fourth-order valence-electron chi connectivity index (χ4n) is 1.94. The van der Waals surface area contributed by atoms with E-state index in [1.165, 1.54) is 12.1 Å².